The maximum absolute atomic E-state index is 13.9. The number of anilines is 1. The van der Waals surface area contributed by atoms with Crippen molar-refractivity contribution in [2.45, 2.75) is 24.3 Å². The van der Waals surface area contributed by atoms with Gasteiger partial charge >= 0.3 is 0 Å². The molecule has 6 nitrogen and oxygen atoms in total. The van der Waals surface area contributed by atoms with E-state index < -0.39 is 15.8 Å². The summed E-state index contributed by atoms with van der Waals surface area (Å²) in [5.74, 6) is 0.750. The van der Waals surface area contributed by atoms with Gasteiger partial charge in [-0.15, -0.1) is 0 Å². The van der Waals surface area contributed by atoms with Gasteiger partial charge in [0.25, 0.3) is 10.0 Å². The lowest BCUT2D eigenvalue weighted by Crippen LogP contribution is -3.12. The summed E-state index contributed by atoms with van der Waals surface area (Å²) in [5.41, 5.74) is 4.12. The Morgan fingerprint density at radius 2 is 1.64 bits per heavy atom. The van der Waals surface area contributed by atoms with E-state index in [4.69, 9.17) is 9.47 Å². The predicted octanol–water partition coefficient (Wildman–Crippen LogP) is 2.83. The Kier molecular flexibility index (Phi) is 6.85. The summed E-state index contributed by atoms with van der Waals surface area (Å²) < 4.78 is 52.1. The highest BCUT2D eigenvalue weighted by Crippen LogP contribution is 2.31. The van der Waals surface area contributed by atoms with Crippen LogP contribution in [0.25, 0.3) is 0 Å². The standard InChI is InChI=1S/C25H27FN2O4S/c1-31-23-15-19-12-14-28(17-20(19)16-24(23)32-2)13-11-18-7-9-21(10-8-18)27-33(29,30)25-6-4-3-5-22(25)26/h3-10,15-16,27H,11-14,17H2,1-2H3/p+1. The van der Waals surface area contributed by atoms with Crippen molar-refractivity contribution in [3.05, 3.63) is 83.2 Å². The van der Waals surface area contributed by atoms with Crippen LogP contribution in [0.15, 0.2) is 65.6 Å². The first-order valence-electron chi connectivity index (χ1n) is 10.8. The van der Waals surface area contributed by atoms with Gasteiger partial charge in [-0.25, -0.2) is 12.8 Å². The topological polar surface area (TPSA) is 69.1 Å². The molecule has 0 saturated heterocycles. The van der Waals surface area contributed by atoms with Gasteiger partial charge in [-0.2, -0.15) is 0 Å². The van der Waals surface area contributed by atoms with Gasteiger partial charge in [-0.3, -0.25) is 4.72 Å². The second-order valence-corrected chi connectivity index (χ2v) is 9.79. The van der Waals surface area contributed by atoms with Crippen molar-refractivity contribution in [2.24, 2.45) is 0 Å². The summed E-state index contributed by atoms with van der Waals surface area (Å²) in [4.78, 5) is 1.12. The van der Waals surface area contributed by atoms with Crippen molar-refractivity contribution in [1.29, 1.82) is 0 Å². The highest BCUT2D eigenvalue weighted by atomic mass is 32.2. The predicted molar refractivity (Wildman–Crippen MR) is 125 cm³/mol. The van der Waals surface area contributed by atoms with Crippen LogP contribution < -0.4 is 19.1 Å². The molecule has 0 saturated carbocycles. The van der Waals surface area contributed by atoms with Gasteiger partial charge in [-0.1, -0.05) is 24.3 Å². The van der Waals surface area contributed by atoms with Gasteiger partial charge in [0.2, 0.25) is 0 Å². The van der Waals surface area contributed by atoms with E-state index in [1.165, 1.54) is 34.2 Å². The average molecular weight is 472 g/mol. The number of rotatable bonds is 8. The lowest BCUT2D eigenvalue weighted by Gasteiger charge is -2.27. The second kappa shape index (κ2) is 9.80. The molecule has 0 amide bonds. The third kappa shape index (κ3) is 5.29. The molecule has 1 unspecified atom stereocenters. The van der Waals surface area contributed by atoms with Gasteiger partial charge in [0, 0.05) is 24.1 Å². The molecular formula is C25H28FN2O4S+. The van der Waals surface area contributed by atoms with Crippen molar-refractivity contribution < 1.29 is 27.2 Å². The molecule has 1 aliphatic heterocycles. The minimum Gasteiger partial charge on any atom is -0.493 e. The highest BCUT2D eigenvalue weighted by molar-refractivity contribution is 7.92. The average Bonchev–Trinajstić information content (AvgIpc) is 2.82. The molecule has 8 heteroatoms. The Morgan fingerprint density at radius 3 is 2.30 bits per heavy atom. The van der Waals surface area contributed by atoms with E-state index in [2.05, 4.69) is 16.9 Å². The van der Waals surface area contributed by atoms with E-state index in [1.807, 2.05) is 12.1 Å². The number of halogens is 1. The van der Waals surface area contributed by atoms with E-state index >= 15 is 0 Å². The van der Waals surface area contributed by atoms with Gasteiger partial charge in [0.15, 0.2) is 11.5 Å². The summed E-state index contributed by atoms with van der Waals surface area (Å²) in [6.45, 7) is 2.94. The van der Waals surface area contributed by atoms with Crippen LogP contribution >= 0.6 is 0 Å². The van der Waals surface area contributed by atoms with Gasteiger partial charge in [0.1, 0.15) is 17.3 Å². The molecule has 0 fully saturated rings. The van der Waals surface area contributed by atoms with Crippen molar-refractivity contribution >= 4 is 15.7 Å². The molecule has 1 aliphatic rings. The van der Waals surface area contributed by atoms with E-state index in [0.29, 0.717) is 5.69 Å². The van der Waals surface area contributed by atoms with Crippen LogP contribution in [-0.4, -0.2) is 35.7 Å². The monoisotopic (exact) mass is 471 g/mol. The van der Waals surface area contributed by atoms with Crippen LogP contribution in [0, 0.1) is 5.82 Å². The maximum atomic E-state index is 13.9. The summed E-state index contributed by atoms with van der Waals surface area (Å²) in [6, 6.07) is 16.7. The first kappa shape index (κ1) is 23.1. The zero-order chi connectivity index (χ0) is 23.4. The van der Waals surface area contributed by atoms with Crippen LogP contribution in [0.1, 0.15) is 16.7 Å². The molecule has 0 aromatic heterocycles. The molecular weight excluding hydrogens is 443 g/mol. The molecule has 3 aromatic carbocycles. The molecule has 4 rings (SSSR count). The lowest BCUT2D eigenvalue weighted by molar-refractivity contribution is -0.915. The SMILES string of the molecule is COc1cc2c(cc1OC)C[NH+](CCc1ccc(NS(=O)(=O)c3ccccc3F)cc1)CC2. The summed E-state index contributed by atoms with van der Waals surface area (Å²) in [7, 11) is -0.670. The van der Waals surface area contributed by atoms with E-state index in [0.717, 1.165) is 55.6 Å². The second-order valence-electron chi connectivity index (χ2n) is 8.14. The van der Waals surface area contributed by atoms with Crippen LogP contribution in [0.3, 0.4) is 0 Å². The quantitative estimate of drug-likeness (QED) is 0.530. The third-order valence-electron chi connectivity index (χ3n) is 5.99. The Balaban J connectivity index is 1.36. The number of fused-ring (bicyclic) bond motifs is 1. The summed E-state index contributed by atoms with van der Waals surface area (Å²) >= 11 is 0. The minimum absolute atomic E-state index is 0.364. The molecule has 0 spiro atoms. The van der Waals surface area contributed by atoms with Crippen LogP contribution in [0.2, 0.25) is 0 Å². The van der Waals surface area contributed by atoms with Crippen molar-refractivity contribution in [3.63, 3.8) is 0 Å². The fourth-order valence-corrected chi connectivity index (χ4v) is 5.32. The lowest BCUT2D eigenvalue weighted by atomic mass is 9.98. The Morgan fingerprint density at radius 1 is 0.970 bits per heavy atom. The Labute approximate surface area is 194 Å². The van der Waals surface area contributed by atoms with E-state index in [9.17, 15) is 12.8 Å². The zero-order valence-corrected chi connectivity index (χ0v) is 19.5. The van der Waals surface area contributed by atoms with Gasteiger partial charge in [0.05, 0.1) is 27.3 Å². The number of quaternary nitrogens is 1. The molecule has 0 radical (unpaired) electrons. The van der Waals surface area contributed by atoms with E-state index in [1.54, 1.807) is 26.4 Å². The van der Waals surface area contributed by atoms with Crippen LogP contribution in [-0.2, 0) is 29.4 Å². The van der Waals surface area contributed by atoms with Crippen LogP contribution in [0.5, 0.6) is 11.5 Å². The van der Waals surface area contributed by atoms with Crippen molar-refractivity contribution in [2.75, 3.05) is 32.0 Å². The number of ether oxygens (including phenoxy) is 2. The number of methoxy groups -OCH3 is 2. The van der Waals surface area contributed by atoms with Gasteiger partial charge < -0.3 is 14.4 Å². The molecule has 3 aromatic rings. The normalized spacial score (nSPS) is 15.5. The fraction of sp³-hybridized carbons (Fsp3) is 0.280. The molecule has 1 atom stereocenters. The molecule has 0 bridgehead atoms. The molecule has 2 N–H and O–H groups in total. The third-order valence-corrected chi connectivity index (χ3v) is 7.41. The molecule has 1 heterocycles. The number of benzene rings is 3. The maximum Gasteiger partial charge on any atom is 0.264 e. The first-order valence-corrected chi connectivity index (χ1v) is 12.3. The fourth-order valence-electron chi connectivity index (χ4n) is 4.18. The molecule has 0 aliphatic carbocycles. The first-order chi connectivity index (χ1) is 15.9. The van der Waals surface area contributed by atoms with E-state index in [-0.39, 0.29) is 4.90 Å². The van der Waals surface area contributed by atoms with Crippen LogP contribution in [0.4, 0.5) is 10.1 Å². The smallest absolute Gasteiger partial charge is 0.264 e. The number of sulfonamides is 1. The summed E-state index contributed by atoms with van der Waals surface area (Å²) in [6.07, 6.45) is 1.86. The van der Waals surface area contributed by atoms with Gasteiger partial charge in [-0.05, 0) is 47.5 Å². The zero-order valence-electron chi connectivity index (χ0n) is 18.7. The number of hydrogen-bond donors (Lipinski definition) is 2. The Bertz CT molecular complexity index is 1230. The molecule has 174 valence electrons. The van der Waals surface area contributed by atoms with Crippen molar-refractivity contribution in [3.8, 4) is 11.5 Å². The highest BCUT2D eigenvalue weighted by Gasteiger charge is 2.22. The minimum atomic E-state index is -3.97. The molecule has 33 heavy (non-hydrogen) atoms. The number of nitrogens with one attached hydrogen (secondary N) is 2. The Hall–Kier alpha value is -3.10. The summed E-state index contributed by atoms with van der Waals surface area (Å²) in [5, 5.41) is 0. The number of hydrogen-bond acceptors (Lipinski definition) is 4. The van der Waals surface area contributed by atoms with Crippen molar-refractivity contribution in [1.82, 2.24) is 0 Å². The largest absolute Gasteiger partial charge is 0.493 e.